The summed E-state index contributed by atoms with van der Waals surface area (Å²) in [6, 6.07) is 5.26. The van der Waals surface area contributed by atoms with Crippen molar-refractivity contribution in [3.8, 4) is 0 Å². The van der Waals surface area contributed by atoms with Gasteiger partial charge in [0.05, 0.1) is 4.90 Å². The summed E-state index contributed by atoms with van der Waals surface area (Å²) >= 11 is 0. The first-order valence-corrected chi connectivity index (χ1v) is 11.8. The first kappa shape index (κ1) is 22.8. The zero-order valence-electron chi connectivity index (χ0n) is 17.9. The maximum absolute atomic E-state index is 13.4. The van der Waals surface area contributed by atoms with E-state index < -0.39 is 10.0 Å². The third-order valence-electron chi connectivity index (χ3n) is 5.29. The van der Waals surface area contributed by atoms with Crippen molar-refractivity contribution in [1.82, 2.24) is 9.21 Å². The molecule has 0 radical (unpaired) electrons. The van der Waals surface area contributed by atoms with Crippen LogP contribution in [0, 0.1) is 12.8 Å². The summed E-state index contributed by atoms with van der Waals surface area (Å²) < 4.78 is 28.4. The minimum absolute atomic E-state index is 0.107. The topological polar surface area (TPSA) is 60.9 Å². The lowest BCUT2D eigenvalue weighted by Crippen LogP contribution is -2.40. The van der Waals surface area contributed by atoms with E-state index in [1.165, 1.54) is 0 Å². The summed E-state index contributed by atoms with van der Waals surface area (Å²) in [5, 5.41) is 0. The molecular formula is C21H35N3O3S. The van der Waals surface area contributed by atoms with Crippen molar-refractivity contribution in [3.05, 3.63) is 23.8 Å². The Labute approximate surface area is 170 Å². The van der Waals surface area contributed by atoms with Crippen LogP contribution in [0.4, 0.5) is 5.69 Å². The molecule has 28 heavy (non-hydrogen) atoms. The van der Waals surface area contributed by atoms with Gasteiger partial charge in [0.1, 0.15) is 0 Å². The van der Waals surface area contributed by atoms with Gasteiger partial charge >= 0.3 is 0 Å². The fourth-order valence-electron chi connectivity index (χ4n) is 3.66. The van der Waals surface area contributed by atoms with Gasteiger partial charge in [-0.05, 0) is 56.1 Å². The third-order valence-corrected chi connectivity index (χ3v) is 7.32. The molecule has 1 aliphatic rings. The molecule has 1 saturated heterocycles. The second-order valence-electron chi connectivity index (χ2n) is 7.88. The Bertz CT molecular complexity index is 773. The van der Waals surface area contributed by atoms with E-state index in [-0.39, 0.29) is 11.8 Å². The van der Waals surface area contributed by atoms with E-state index in [1.54, 1.807) is 21.3 Å². The highest BCUT2D eigenvalue weighted by Gasteiger charge is 2.28. The normalized spacial score (nSPS) is 15.4. The molecule has 2 rings (SSSR count). The molecular weight excluding hydrogens is 374 g/mol. The monoisotopic (exact) mass is 409 g/mol. The lowest BCUT2D eigenvalue weighted by molar-refractivity contribution is -0.117. The predicted octanol–water partition coefficient (Wildman–Crippen LogP) is 3.11. The zero-order chi connectivity index (χ0) is 20.9. The van der Waals surface area contributed by atoms with Crippen molar-refractivity contribution in [2.45, 2.75) is 52.4 Å². The highest BCUT2D eigenvalue weighted by molar-refractivity contribution is 7.89. The van der Waals surface area contributed by atoms with E-state index >= 15 is 0 Å². The van der Waals surface area contributed by atoms with E-state index in [1.807, 2.05) is 26.8 Å². The summed E-state index contributed by atoms with van der Waals surface area (Å²) in [5.74, 6) is 0.351. The second kappa shape index (κ2) is 9.85. The Hall–Kier alpha value is -1.44. The number of rotatable bonds is 10. The molecule has 1 aliphatic heterocycles. The number of hydrogen-bond acceptors (Lipinski definition) is 4. The predicted molar refractivity (Wildman–Crippen MR) is 114 cm³/mol. The molecule has 0 aromatic heterocycles. The number of carbonyl (C=O) groups is 1. The number of carbonyl (C=O) groups excluding carboxylic acids is 1. The average molecular weight is 410 g/mol. The van der Waals surface area contributed by atoms with Crippen molar-refractivity contribution in [1.29, 1.82) is 0 Å². The number of aryl methyl sites for hydroxylation is 1. The molecule has 1 aromatic carbocycles. The standard InChI is InChI=1S/C21H35N3O3S/c1-6-22(7-2)13-14-23(16-17(3)4)28(26,27)20-11-10-19(15-18(20)5)24-12-8-9-21(24)25/h10-11,15,17H,6-9,12-14,16H2,1-5H3. The first-order valence-electron chi connectivity index (χ1n) is 10.3. The van der Waals surface area contributed by atoms with Gasteiger partial charge in [-0.25, -0.2) is 8.42 Å². The molecule has 1 heterocycles. The van der Waals surface area contributed by atoms with Crippen molar-refractivity contribution in [3.63, 3.8) is 0 Å². The molecule has 1 aromatic rings. The van der Waals surface area contributed by atoms with Crippen LogP contribution in [0.3, 0.4) is 0 Å². The van der Waals surface area contributed by atoms with Gasteiger partial charge in [0.25, 0.3) is 0 Å². The van der Waals surface area contributed by atoms with Gasteiger partial charge in [0.2, 0.25) is 15.9 Å². The third kappa shape index (κ3) is 5.33. The van der Waals surface area contributed by atoms with E-state index in [0.29, 0.717) is 36.5 Å². The molecule has 0 aliphatic carbocycles. The quantitative estimate of drug-likeness (QED) is 0.596. The number of sulfonamides is 1. The summed E-state index contributed by atoms with van der Waals surface area (Å²) in [4.78, 5) is 16.3. The van der Waals surface area contributed by atoms with Gasteiger partial charge in [0, 0.05) is 38.3 Å². The molecule has 0 atom stereocenters. The molecule has 0 saturated carbocycles. The van der Waals surface area contributed by atoms with Crippen molar-refractivity contribution < 1.29 is 13.2 Å². The van der Waals surface area contributed by atoms with E-state index in [2.05, 4.69) is 18.7 Å². The van der Waals surface area contributed by atoms with Crippen LogP contribution in [-0.2, 0) is 14.8 Å². The van der Waals surface area contributed by atoms with Crippen molar-refractivity contribution in [2.24, 2.45) is 5.92 Å². The van der Waals surface area contributed by atoms with Crippen LogP contribution in [0.25, 0.3) is 0 Å². The number of anilines is 1. The van der Waals surface area contributed by atoms with Gasteiger partial charge < -0.3 is 9.80 Å². The number of likely N-dealkylation sites (N-methyl/N-ethyl adjacent to an activating group) is 1. The highest BCUT2D eigenvalue weighted by Crippen LogP contribution is 2.28. The average Bonchev–Trinajstić information content (AvgIpc) is 3.06. The molecule has 0 unspecified atom stereocenters. The first-order chi connectivity index (χ1) is 13.2. The Morgan fingerprint density at radius 2 is 1.82 bits per heavy atom. The fraction of sp³-hybridized carbons (Fsp3) is 0.667. The lowest BCUT2D eigenvalue weighted by Gasteiger charge is -2.28. The van der Waals surface area contributed by atoms with Crippen LogP contribution in [0.5, 0.6) is 0 Å². The summed E-state index contributed by atoms with van der Waals surface area (Å²) in [7, 11) is -3.59. The van der Waals surface area contributed by atoms with Crippen molar-refractivity contribution >= 4 is 21.6 Å². The van der Waals surface area contributed by atoms with Crippen molar-refractivity contribution in [2.75, 3.05) is 44.2 Å². The summed E-state index contributed by atoms with van der Waals surface area (Å²) in [6.45, 7) is 14.3. The molecule has 158 valence electrons. The van der Waals surface area contributed by atoms with Gasteiger partial charge in [-0.2, -0.15) is 4.31 Å². The van der Waals surface area contributed by atoms with Gasteiger partial charge in [-0.1, -0.05) is 27.7 Å². The maximum atomic E-state index is 13.4. The Morgan fingerprint density at radius 3 is 2.32 bits per heavy atom. The van der Waals surface area contributed by atoms with E-state index in [0.717, 1.165) is 31.7 Å². The van der Waals surface area contributed by atoms with Gasteiger partial charge in [-0.3, -0.25) is 4.79 Å². The molecule has 0 bridgehead atoms. The second-order valence-corrected chi connectivity index (χ2v) is 9.79. The maximum Gasteiger partial charge on any atom is 0.243 e. The minimum Gasteiger partial charge on any atom is -0.312 e. The molecule has 1 amide bonds. The number of amides is 1. The van der Waals surface area contributed by atoms with Crippen LogP contribution in [-0.4, -0.2) is 62.8 Å². The Kier molecular flexibility index (Phi) is 8.04. The van der Waals surface area contributed by atoms with E-state index in [4.69, 9.17) is 0 Å². The van der Waals surface area contributed by atoms with Gasteiger partial charge in [0.15, 0.2) is 0 Å². The van der Waals surface area contributed by atoms with Crippen LogP contribution >= 0.6 is 0 Å². The van der Waals surface area contributed by atoms with Crippen LogP contribution in [0.2, 0.25) is 0 Å². The van der Waals surface area contributed by atoms with Crippen LogP contribution in [0.1, 0.15) is 46.1 Å². The smallest absolute Gasteiger partial charge is 0.243 e. The number of benzene rings is 1. The van der Waals surface area contributed by atoms with Crippen LogP contribution in [0.15, 0.2) is 23.1 Å². The molecule has 6 nitrogen and oxygen atoms in total. The SMILES string of the molecule is CCN(CC)CCN(CC(C)C)S(=O)(=O)c1ccc(N2CCCC2=O)cc1C. The Balaban J connectivity index is 2.28. The zero-order valence-corrected chi connectivity index (χ0v) is 18.8. The highest BCUT2D eigenvalue weighted by atomic mass is 32.2. The molecule has 0 N–H and O–H groups in total. The molecule has 1 fully saturated rings. The summed E-state index contributed by atoms with van der Waals surface area (Å²) in [5.41, 5.74) is 1.48. The number of hydrogen-bond donors (Lipinski definition) is 0. The minimum atomic E-state index is -3.59. The van der Waals surface area contributed by atoms with Crippen LogP contribution < -0.4 is 4.90 Å². The lowest BCUT2D eigenvalue weighted by atomic mass is 10.2. The Morgan fingerprint density at radius 1 is 1.14 bits per heavy atom. The summed E-state index contributed by atoms with van der Waals surface area (Å²) in [6.07, 6.45) is 1.41. The van der Waals surface area contributed by atoms with Gasteiger partial charge in [-0.15, -0.1) is 0 Å². The fourth-order valence-corrected chi connectivity index (χ4v) is 5.46. The van der Waals surface area contributed by atoms with E-state index in [9.17, 15) is 13.2 Å². The number of nitrogens with zero attached hydrogens (tertiary/aromatic N) is 3. The molecule has 0 spiro atoms. The molecule has 7 heteroatoms. The largest absolute Gasteiger partial charge is 0.312 e.